The maximum absolute atomic E-state index is 14.2. The number of carboxylic acids is 1. The molecule has 0 fully saturated rings. The van der Waals surface area contributed by atoms with E-state index in [0.717, 1.165) is 16.7 Å². The van der Waals surface area contributed by atoms with Gasteiger partial charge in [0.15, 0.2) is 0 Å². The summed E-state index contributed by atoms with van der Waals surface area (Å²) in [4.78, 5) is 26.0. The number of carbonyl (C=O) groups is 2. The summed E-state index contributed by atoms with van der Waals surface area (Å²) < 4.78 is 20.3. The van der Waals surface area contributed by atoms with E-state index in [2.05, 4.69) is 0 Å². The third-order valence-corrected chi connectivity index (χ3v) is 5.86. The van der Waals surface area contributed by atoms with Crippen molar-refractivity contribution < 1.29 is 23.8 Å². The molecule has 0 aromatic heterocycles. The zero-order chi connectivity index (χ0) is 23.6. The van der Waals surface area contributed by atoms with E-state index in [1.165, 1.54) is 11.0 Å². The van der Waals surface area contributed by atoms with Crippen molar-refractivity contribution in [3.05, 3.63) is 100 Å². The second-order valence-electron chi connectivity index (χ2n) is 8.86. The average molecular weight is 448 g/mol. The highest BCUT2D eigenvalue weighted by Gasteiger charge is 2.36. The lowest BCUT2D eigenvalue weighted by atomic mass is 9.91. The molecule has 0 bridgehead atoms. The monoisotopic (exact) mass is 447 g/mol. The molecule has 1 aliphatic heterocycles. The highest BCUT2D eigenvalue weighted by molar-refractivity contribution is 5.96. The highest BCUT2D eigenvalue weighted by atomic mass is 19.1. The maximum Gasteiger partial charge on any atom is 0.323 e. The smallest absolute Gasteiger partial charge is 0.323 e. The van der Waals surface area contributed by atoms with Crippen LogP contribution in [0.5, 0.6) is 5.75 Å². The Bertz CT molecular complexity index is 1190. The molecule has 1 N–H and O–H groups in total. The number of benzene rings is 3. The first-order valence-electron chi connectivity index (χ1n) is 10.8. The van der Waals surface area contributed by atoms with E-state index in [4.69, 9.17) is 4.74 Å². The van der Waals surface area contributed by atoms with Gasteiger partial charge in [-0.15, -0.1) is 0 Å². The van der Waals surface area contributed by atoms with Gasteiger partial charge in [0.1, 0.15) is 23.7 Å². The Morgan fingerprint density at radius 3 is 2.52 bits per heavy atom. The molecule has 170 valence electrons. The predicted molar refractivity (Wildman–Crippen MR) is 123 cm³/mol. The third kappa shape index (κ3) is 5.22. The van der Waals surface area contributed by atoms with Crippen molar-refractivity contribution in [1.29, 1.82) is 0 Å². The van der Waals surface area contributed by atoms with E-state index in [1.807, 2.05) is 38.1 Å². The molecular formula is C27H26FNO4. The van der Waals surface area contributed by atoms with Gasteiger partial charge in [0.2, 0.25) is 0 Å². The lowest BCUT2D eigenvalue weighted by Crippen LogP contribution is -2.35. The van der Waals surface area contributed by atoms with E-state index in [1.54, 1.807) is 36.4 Å². The number of aryl methyl sites for hydroxylation is 1. The number of hydrogen-bond donors (Lipinski definition) is 1. The molecule has 0 saturated heterocycles. The van der Waals surface area contributed by atoms with Crippen LogP contribution in [-0.2, 0) is 24.2 Å². The second-order valence-corrected chi connectivity index (χ2v) is 8.86. The van der Waals surface area contributed by atoms with Crippen LogP contribution in [0.3, 0.4) is 0 Å². The summed E-state index contributed by atoms with van der Waals surface area (Å²) in [6, 6.07) is 19.4. The summed E-state index contributed by atoms with van der Waals surface area (Å²) in [5.41, 5.74) is 3.15. The van der Waals surface area contributed by atoms with E-state index in [9.17, 15) is 19.1 Å². The highest BCUT2D eigenvalue weighted by Crippen LogP contribution is 2.38. The molecule has 1 heterocycles. The molecular weight excluding hydrogens is 421 g/mol. The van der Waals surface area contributed by atoms with Crippen LogP contribution < -0.4 is 4.74 Å². The molecule has 3 aromatic carbocycles. The fourth-order valence-corrected chi connectivity index (χ4v) is 4.26. The summed E-state index contributed by atoms with van der Waals surface area (Å²) >= 11 is 0. The number of ether oxygens (including phenoxy) is 1. The van der Waals surface area contributed by atoms with Crippen LogP contribution in [0, 0.1) is 12.7 Å². The number of halogens is 1. The van der Waals surface area contributed by atoms with E-state index in [-0.39, 0.29) is 18.3 Å². The van der Waals surface area contributed by atoms with Crippen LogP contribution in [0.2, 0.25) is 0 Å². The fourth-order valence-electron chi connectivity index (χ4n) is 4.26. The molecule has 0 spiro atoms. The van der Waals surface area contributed by atoms with Gasteiger partial charge in [0.05, 0.1) is 0 Å². The number of amides is 1. The molecule has 4 rings (SSSR count). The Morgan fingerprint density at radius 1 is 1.09 bits per heavy atom. The fraction of sp³-hybridized carbons (Fsp3) is 0.259. The summed E-state index contributed by atoms with van der Waals surface area (Å²) in [6.45, 7) is 3.70. The quantitative estimate of drug-likeness (QED) is 0.565. The van der Waals surface area contributed by atoms with Crippen molar-refractivity contribution in [3.8, 4) is 5.75 Å². The van der Waals surface area contributed by atoms with Crippen LogP contribution in [0.15, 0.2) is 66.7 Å². The lowest BCUT2D eigenvalue weighted by molar-refractivity contribution is -0.137. The molecule has 6 heteroatoms. The Morgan fingerprint density at radius 2 is 1.82 bits per heavy atom. The van der Waals surface area contributed by atoms with Gasteiger partial charge in [-0.3, -0.25) is 9.59 Å². The first kappa shape index (κ1) is 22.5. The number of nitrogens with zero attached hydrogens (tertiary/aromatic N) is 1. The van der Waals surface area contributed by atoms with Crippen molar-refractivity contribution in [2.75, 3.05) is 6.54 Å². The van der Waals surface area contributed by atoms with Crippen molar-refractivity contribution in [2.45, 2.75) is 38.8 Å². The molecule has 3 aromatic rings. The molecule has 0 radical (unpaired) electrons. The van der Waals surface area contributed by atoms with Gasteiger partial charge >= 0.3 is 5.97 Å². The van der Waals surface area contributed by atoms with Crippen molar-refractivity contribution in [3.63, 3.8) is 0 Å². The standard InChI is InChI=1S/C27H26FNO4/c1-18-7-9-19(10-8-18)16-29(17-25(30)31)26(32)20-11-12-24-22(13-20)15-27(2,33-24)14-21-5-3-4-6-23(21)28/h3-13H,14-17H2,1-2H3,(H,30,31)/t27-/m1/s1. The van der Waals surface area contributed by atoms with Gasteiger partial charge in [-0.2, -0.15) is 0 Å². The molecule has 0 unspecified atom stereocenters. The predicted octanol–water partition coefficient (Wildman–Crippen LogP) is 4.80. The van der Waals surface area contributed by atoms with E-state index in [0.29, 0.717) is 29.7 Å². The van der Waals surface area contributed by atoms with Gasteiger partial charge < -0.3 is 14.7 Å². The summed E-state index contributed by atoms with van der Waals surface area (Å²) in [7, 11) is 0. The molecule has 0 saturated carbocycles. The summed E-state index contributed by atoms with van der Waals surface area (Å²) in [5, 5.41) is 9.34. The van der Waals surface area contributed by atoms with E-state index < -0.39 is 18.1 Å². The molecule has 1 atom stereocenters. The van der Waals surface area contributed by atoms with Crippen molar-refractivity contribution >= 4 is 11.9 Å². The zero-order valence-corrected chi connectivity index (χ0v) is 18.7. The van der Waals surface area contributed by atoms with E-state index >= 15 is 0 Å². The van der Waals surface area contributed by atoms with Crippen molar-refractivity contribution in [2.24, 2.45) is 0 Å². The number of carboxylic acid groups (broad SMARTS) is 1. The van der Waals surface area contributed by atoms with Gasteiger partial charge in [-0.05, 0) is 54.8 Å². The van der Waals surface area contributed by atoms with Gasteiger partial charge in [0.25, 0.3) is 5.91 Å². The number of hydrogen-bond acceptors (Lipinski definition) is 3. The summed E-state index contributed by atoms with van der Waals surface area (Å²) in [5.74, 6) is -1.04. The van der Waals surface area contributed by atoms with Crippen LogP contribution >= 0.6 is 0 Å². The molecule has 1 aliphatic rings. The largest absolute Gasteiger partial charge is 0.487 e. The zero-order valence-electron chi connectivity index (χ0n) is 18.7. The Balaban J connectivity index is 1.53. The number of carbonyl (C=O) groups excluding carboxylic acids is 1. The van der Waals surface area contributed by atoms with Gasteiger partial charge in [0, 0.05) is 24.9 Å². The van der Waals surface area contributed by atoms with Crippen LogP contribution in [0.1, 0.15) is 39.5 Å². The number of aliphatic carboxylic acids is 1. The summed E-state index contributed by atoms with van der Waals surface area (Å²) in [6.07, 6.45) is 0.922. The molecule has 0 aliphatic carbocycles. The lowest BCUT2D eigenvalue weighted by Gasteiger charge is -2.24. The second kappa shape index (κ2) is 9.06. The Hall–Kier alpha value is -3.67. The SMILES string of the molecule is Cc1ccc(CN(CC(=O)O)C(=O)c2ccc3c(c2)C[C@@](C)(Cc2ccccc2F)O3)cc1. The Kier molecular flexibility index (Phi) is 6.18. The molecule has 1 amide bonds. The first-order valence-corrected chi connectivity index (χ1v) is 10.8. The third-order valence-electron chi connectivity index (χ3n) is 5.86. The molecule has 33 heavy (non-hydrogen) atoms. The normalized spacial score (nSPS) is 16.7. The average Bonchev–Trinajstić information content (AvgIpc) is 3.10. The minimum absolute atomic E-state index is 0.198. The number of rotatable bonds is 7. The topological polar surface area (TPSA) is 66.8 Å². The van der Waals surface area contributed by atoms with Crippen LogP contribution in [0.4, 0.5) is 4.39 Å². The minimum atomic E-state index is -1.07. The number of fused-ring (bicyclic) bond motifs is 1. The maximum atomic E-state index is 14.2. The molecule has 5 nitrogen and oxygen atoms in total. The first-order chi connectivity index (χ1) is 15.7. The van der Waals surface area contributed by atoms with Crippen LogP contribution in [-0.4, -0.2) is 34.0 Å². The minimum Gasteiger partial charge on any atom is -0.487 e. The van der Waals surface area contributed by atoms with Gasteiger partial charge in [-0.25, -0.2) is 4.39 Å². The Labute approximate surface area is 192 Å². The van der Waals surface area contributed by atoms with Gasteiger partial charge in [-0.1, -0.05) is 48.0 Å². The van der Waals surface area contributed by atoms with Crippen LogP contribution in [0.25, 0.3) is 0 Å². The van der Waals surface area contributed by atoms with Crippen molar-refractivity contribution in [1.82, 2.24) is 4.90 Å².